The Morgan fingerprint density at radius 2 is 1.54 bits per heavy atom. The van der Waals surface area contributed by atoms with Gasteiger partial charge in [-0.3, -0.25) is 0 Å². The van der Waals surface area contributed by atoms with E-state index in [1.54, 1.807) is 0 Å². The van der Waals surface area contributed by atoms with Crippen LogP contribution in [0.2, 0.25) is 0 Å². The Morgan fingerprint density at radius 1 is 0.923 bits per heavy atom. The van der Waals surface area contributed by atoms with Crippen molar-refractivity contribution in [3.05, 3.63) is 0 Å². The Morgan fingerprint density at radius 3 is 2.15 bits per heavy atom. The summed E-state index contributed by atoms with van der Waals surface area (Å²) in [6, 6.07) is 0. The lowest BCUT2D eigenvalue weighted by Crippen LogP contribution is -3.14. The van der Waals surface area contributed by atoms with Gasteiger partial charge in [-0.25, -0.2) is 0 Å². The van der Waals surface area contributed by atoms with E-state index < -0.39 is 0 Å². The normalized spacial score (nSPS) is 29.3. The fourth-order valence-electron chi connectivity index (χ4n) is 3.06. The molecule has 0 aromatic heterocycles. The molecule has 76 valence electrons. The SMILES string of the molecule is [NH3+]C1(C[NH+]2CCCC2)CCCCC1. The average Bonchev–Trinajstić information content (AvgIpc) is 2.57. The zero-order chi connectivity index (χ0) is 9.15. The summed E-state index contributed by atoms with van der Waals surface area (Å²) in [6.07, 6.45) is 9.98. The van der Waals surface area contributed by atoms with Gasteiger partial charge >= 0.3 is 0 Å². The summed E-state index contributed by atoms with van der Waals surface area (Å²) in [5, 5.41) is 0. The molecule has 1 aliphatic heterocycles. The summed E-state index contributed by atoms with van der Waals surface area (Å²) in [6.45, 7) is 4.18. The van der Waals surface area contributed by atoms with Crippen LogP contribution in [0.5, 0.6) is 0 Å². The molecule has 13 heavy (non-hydrogen) atoms. The maximum atomic E-state index is 4.47. The van der Waals surface area contributed by atoms with E-state index in [4.69, 9.17) is 0 Å². The number of nitrogens with one attached hydrogen (secondary N) is 1. The van der Waals surface area contributed by atoms with Gasteiger partial charge in [-0.2, -0.15) is 0 Å². The van der Waals surface area contributed by atoms with Crippen LogP contribution < -0.4 is 10.6 Å². The second kappa shape index (κ2) is 3.97. The van der Waals surface area contributed by atoms with Crippen LogP contribution >= 0.6 is 0 Å². The molecule has 0 aromatic carbocycles. The van der Waals surface area contributed by atoms with Crippen LogP contribution in [0.3, 0.4) is 0 Å². The minimum atomic E-state index is 0.456. The highest BCUT2D eigenvalue weighted by molar-refractivity contribution is 4.79. The molecule has 0 radical (unpaired) electrons. The van der Waals surface area contributed by atoms with E-state index >= 15 is 0 Å². The zero-order valence-electron chi connectivity index (χ0n) is 8.78. The second-order valence-corrected chi connectivity index (χ2v) is 5.19. The number of hydrogen-bond acceptors (Lipinski definition) is 0. The fraction of sp³-hybridized carbons (Fsp3) is 1.00. The first-order valence-electron chi connectivity index (χ1n) is 5.97. The number of likely N-dealkylation sites (tertiary alicyclic amines) is 1. The Labute approximate surface area is 81.5 Å². The smallest absolute Gasteiger partial charge is 0.144 e. The summed E-state index contributed by atoms with van der Waals surface area (Å²) in [5.74, 6) is 0. The third-order valence-corrected chi connectivity index (χ3v) is 3.85. The van der Waals surface area contributed by atoms with Crippen molar-refractivity contribution >= 4 is 0 Å². The van der Waals surface area contributed by atoms with Crippen molar-refractivity contribution in [3.63, 3.8) is 0 Å². The van der Waals surface area contributed by atoms with Crippen molar-refractivity contribution in [3.8, 4) is 0 Å². The first kappa shape index (κ1) is 9.47. The summed E-state index contributed by atoms with van der Waals surface area (Å²) in [4.78, 5) is 1.83. The third-order valence-electron chi connectivity index (χ3n) is 3.85. The predicted molar refractivity (Wildman–Crippen MR) is 53.5 cm³/mol. The van der Waals surface area contributed by atoms with Crippen LogP contribution in [-0.2, 0) is 0 Å². The first-order chi connectivity index (χ1) is 6.29. The molecule has 0 bridgehead atoms. The summed E-state index contributed by atoms with van der Waals surface area (Å²) < 4.78 is 0. The van der Waals surface area contributed by atoms with E-state index in [9.17, 15) is 0 Å². The molecule has 1 heterocycles. The number of rotatable bonds is 2. The first-order valence-corrected chi connectivity index (χ1v) is 5.97. The van der Waals surface area contributed by atoms with Crippen molar-refractivity contribution in [2.24, 2.45) is 0 Å². The molecule has 4 N–H and O–H groups in total. The molecule has 2 nitrogen and oxygen atoms in total. The van der Waals surface area contributed by atoms with E-state index in [1.165, 1.54) is 64.6 Å². The van der Waals surface area contributed by atoms with Crippen molar-refractivity contribution in [1.29, 1.82) is 0 Å². The molecule has 2 heteroatoms. The number of hydrogen-bond donors (Lipinski definition) is 2. The van der Waals surface area contributed by atoms with E-state index in [0.29, 0.717) is 5.54 Å². The molecule has 0 unspecified atom stereocenters. The summed E-state index contributed by atoms with van der Waals surface area (Å²) in [7, 11) is 0. The highest BCUT2D eigenvalue weighted by atomic mass is 15.2. The van der Waals surface area contributed by atoms with Crippen molar-refractivity contribution in [1.82, 2.24) is 0 Å². The summed E-state index contributed by atoms with van der Waals surface area (Å²) in [5.41, 5.74) is 4.93. The van der Waals surface area contributed by atoms with Gasteiger partial charge in [0.15, 0.2) is 0 Å². The lowest BCUT2D eigenvalue weighted by molar-refractivity contribution is -0.903. The molecule has 2 aliphatic rings. The van der Waals surface area contributed by atoms with Crippen LogP contribution in [0.1, 0.15) is 44.9 Å². The Hall–Kier alpha value is -0.0800. The zero-order valence-corrected chi connectivity index (χ0v) is 8.78. The Kier molecular flexibility index (Phi) is 2.89. The van der Waals surface area contributed by atoms with Gasteiger partial charge in [0, 0.05) is 25.7 Å². The maximum absolute atomic E-state index is 4.47. The van der Waals surface area contributed by atoms with Gasteiger partial charge < -0.3 is 10.6 Å². The van der Waals surface area contributed by atoms with Gasteiger partial charge in [0.2, 0.25) is 0 Å². The summed E-state index contributed by atoms with van der Waals surface area (Å²) >= 11 is 0. The van der Waals surface area contributed by atoms with E-state index in [-0.39, 0.29) is 0 Å². The Bertz CT molecular complexity index is 155. The van der Waals surface area contributed by atoms with Gasteiger partial charge in [-0.1, -0.05) is 6.42 Å². The standard InChI is InChI=1S/C11H22N2/c12-11(6-2-1-3-7-11)10-13-8-4-5-9-13/h1-10,12H2/p+2. The molecule has 1 aliphatic carbocycles. The van der Waals surface area contributed by atoms with Crippen molar-refractivity contribution < 1.29 is 10.6 Å². The average molecular weight is 184 g/mol. The molecule has 2 rings (SSSR count). The van der Waals surface area contributed by atoms with Crippen molar-refractivity contribution in [2.45, 2.75) is 50.5 Å². The van der Waals surface area contributed by atoms with E-state index in [1.807, 2.05) is 4.90 Å². The highest BCUT2D eigenvalue weighted by Gasteiger charge is 2.36. The van der Waals surface area contributed by atoms with Crippen LogP contribution in [0, 0.1) is 0 Å². The van der Waals surface area contributed by atoms with E-state index in [2.05, 4.69) is 5.73 Å². The lowest BCUT2D eigenvalue weighted by atomic mass is 9.82. The monoisotopic (exact) mass is 184 g/mol. The topological polar surface area (TPSA) is 32.1 Å². The molecular formula is C11H24N2+2. The number of quaternary nitrogens is 2. The van der Waals surface area contributed by atoms with Gasteiger partial charge in [0.1, 0.15) is 12.1 Å². The quantitative estimate of drug-likeness (QED) is 0.586. The fourth-order valence-corrected chi connectivity index (χ4v) is 3.06. The van der Waals surface area contributed by atoms with Crippen LogP contribution in [0.25, 0.3) is 0 Å². The molecule has 0 amide bonds. The predicted octanol–water partition coefficient (Wildman–Crippen LogP) is -0.390. The largest absolute Gasteiger partial charge is 0.348 e. The van der Waals surface area contributed by atoms with Crippen LogP contribution in [0.4, 0.5) is 0 Å². The minimum Gasteiger partial charge on any atom is -0.348 e. The van der Waals surface area contributed by atoms with E-state index in [0.717, 1.165) is 0 Å². The van der Waals surface area contributed by atoms with Gasteiger partial charge in [-0.05, 0) is 12.8 Å². The molecular weight excluding hydrogens is 160 g/mol. The van der Waals surface area contributed by atoms with Crippen molar-refractivity contribution in [2.75, 3.05) is 19.6 Å². The highest BCUT2D eigenvalue weighted by Crippen LogP contribution is 2.22. The minimum absolute atomic E-state index is 0.456. The van der Waals surface area contributed by atoms with Gasteiger partial charge in [-0.15, -0.1) is 0 Å². The molecule has 0 aromatic rings. The molecule has 0 atom stereocenters. The molecule has 2 fully saturated rings. The maximum Gasteiger partial charge on any atom is 0.144 e. The molecule has 1 saturated carbocycles. The lowest BCUT2D eigenvalue weighted by Gasteiger charge is -2.31. The second-order valence-electron chi connectivity index (χ2n) is 5.19. The van der Waals surface area contributed by atoms with Crippen LogP contribution in [0.15, 0.2) is 0 Å². The van der Waals surface area contributed by atoms with Crippen LogP contribution in [-0.4, -0.2) is 25.2 Å². The molecule has 0 spiro atoms. The Balaban J connectivity index is 1.83. The molecule has 1 saturated heterocycles. The van der Waals surface area contributed by atoms with Gasteiger partial charge in [0.05, 0.1) is 13.1 Å². The third kappa shape index (κ3) is 2.44. The van der Waals surface area contributed by atoms with Gasteiger partial charge in [0.25, 0.3) is 0 Å².